The molecule has 0 atom stereocenters. The monoisotopic (exact) mass is 310 g/mol. The zero-order chi connectivity index (χ0) is 14.9. The van der Waals surface area contributed by atoms with Gasteiger partial charge in [0.05, 0.1) is 4.88 Å². The van der Waals surface area contributed by atoms with E-state index in [0.717, 1.165) is 5.56 Å². The highest BCUT2D eigenvalue weighted by atomic mass is 35.5. The molecule has 4 nitrogen and oxygen atoms in total. The smallest absolute Gasteiger partial charge is 0.359 e. The highest BCUT2D eigenvalue weighted by molar-refractivity contribution is 7.19. The van der Waals surface area contributed by atoms with Gasteiger partial charge in [0, 0.05) is 5.02 Å². The predicted molar refractivity (Wildman–Crippen MR) is 82.1 cm³/mol. The second-order valence-electron chi connectivity index (χ2n) is 5.24. The molecular weight excluding hydrogens is 296 g/mol. The van der Waals surface area contributed by atoms with Crippen LogP contribution in [0.3, 0.4) is 0 Å². The number of nitrogen functional groups attached to an aromatic ring is 1. The number of carbonyl (C=O) groups is 1. The second kappa shape index (κ2) is 5.42. The Morgan fingerprint density at radius 2 is 1.90 bits per heavy atom. The minimum atomic E-state index is -0.577. The lowest BCUT2D eigenvalue weighted by Gasteiger charge is -2.19. The van der Waals surface area contributed by atoms with E-state index >= 15 is 0 Å². The van der Waals surface area contributed by atoms with E-state index in [-0.39, 0.29) is 5.69 Å². The van der Waals surface area contributed by atoms with Crippen molar-refractivity contribution in [3.05, 3.63) is 35.0 Å². The first-order valence-corrected chi connectivity index (χ1v) is 7.21. The third-order valence-corrected chi connectivity index (χ3v) is 3.53. The van der Waals surface area contributed by atoms with Gasteiger partial charge < -0.3 is 10.5 Å². The van der Waals surface area contributed by atoms with Gasteiger partial charge in [0.2, 0.25) is 0 Å². The molecule has 0 radical (unpaired) electrons. The van der Waals surface area contributed by atoms with Crippen LogP contribution in [-0.4, -0.2) is 16.6 Å². The minimum Gasteiger partial charge on any atom is -0.455 e. The number of carbonyl (C=O) groups excluding carboxylic acids is 1. The van der Waals surface area contributed by atoms with Crippen molar-refractivity contribution in [1.82, 2.24) is 4.98 Å². The number of halogens is 1. The minimum absolute atomic E-state index is 0.241. The molecular formula is C14H15ClN2O2S. The topological polar surface area (TPSA) is 65.2 Å². The van der Waals surface area contributed by atoms with Crippen LogP contribution >= 0.6 is 22.9 Å². The van der Waals surface area contributed by atoms with Crippen LogP contribution in [0.4, 0.5) is 5.13 Å². The van der Waals surface area contributed by atoms with E-state index in [1.54, 1.807) is 12.1 Å². The first-order chi connectivity index (χ1) is 9.26. The van der Waals surface area contributed by atoms with Crippen molar-refractivity contribution in [3.8, 4) is 10.4 Å². The number of benzene rings is 1. The van der Waals surface area contributed by atoms with Crippen molar-refractivity contribution in [3.63, 3.8) is 0 Å². The molecule has 0 saturated heterocycles. The maximum Gasteiger partial charge on any atom is 0.359 e. The number of hydrogen-bond acceptors (Lipinski definition) is 5. The van der Waals surface area contributed by atoms with E-state index in [1.807, 2.05) is 32.9 Å². The van der Waals surface area contributed by atoms with Gasteiger partial charge in [-0.25, -0.2) is 9.78 Å². The fourth-order valence-corrected chi connectivity index (χ4v) is 2.55. The van der Waals surface area contributed by atoms with E-state index in [9.17, 15) is 4.79 Å². The molecule has 0 amide bonds. The van der Waals surface area contributed by atoms with Crippen molar-refractivity contribution in [2.45, 2.75) is 26.4 Å². The number of hydrogen-bond donors (Lipinski definition) is 1. The Balaban J connectivity index is 2.40. The maximum absolute atomic E-state index is 12.2. The van der Waals surface area contributed by atoms with Gasteiger partial charge in [0.25, 0.3) is 0 Å². The second-order valence-corrected chi connectivity index (χ2v) is 6.71. The largest absolute Gasteiger partial charge is 0.455 e. The summed E-state index contributed by atoms with van der Waals surface area (Å²) in [5, 5.41) is 0.959. The summed E-state index contributed by atoms with van der Waals surface area (Å²) in [6.07, 6.45) is 0. The molecule has 106 valence electrons. The summed E-state index contributed by atoms with van der Waals surface area (Å²) in [7, 11) is 0. The molecule has 0 saturated carbocycles. The SMILES string of the molecule is CC(C)(C)OC(=O)c1nc(N)sc1-c1ccc(Cl)cc1. The highest BCUT2D eigenvalue weighted by Gasteiger charge is 2.24. The summed E-state index contributed by atoms with van der Waals surface area (Å²) in [5.41, 5.74) is 6.22. The fourth-order valence-electron chi connectivity index (χ4n) is 1.60. The van der Waals surface area contributed by atoms with Crippen molar-refractivity contribution in [2.24, 2.45) is 0 Å². The van der Waals surface area contributed by atoms with Crippen molar-refractivity contribution < 1.29 is 9.53 Å². The van der Waals surface area contributed by atoms with E-state index in [4.69, 9.17) is 22.1 Å². The molecule has 0 aliphatic rings. The molecule has 6 heteroatoms. The Bertz CT molecular complexity index is 630. The summed E-state index contributed by atoms with van der Waals surface area (Å²) in [5.74, 6) is -0.476. The molecule has 1 heterocycles. The van der Waals surface area contributed by atoms with Gasteiger partial charge in [0.1, 0.15) is 5.60 Å². The van der Waals surface area contributed by atoms with Gasteiger partial charge >= 0.3 is 5.97 Å². The zero-order valence-electron chi connectivity index (χ0n) is 11.4. The summed E-state index contributed by atoms with van der Waals surface area (Å²) < 4.78 is 5.35. The molecule has 2 N–H and O–H groups in total. The van der Waals surface area contributed by atoms with Crippen molar-refractivity contribution in [2.75, 3.05) is 5.73 Å². The molecule has 1 aromatic carbocycles. The van der Waals surface area contributed by atoms with Gasteiger partial charge in [-0.1, -0.05) is 35.1 Å². The lowest BCUT2D eigenvalue weighted by atomic mass is 10.1. The fraction of sp³-hybridized carbons (Fsp3) is 0.286. The number of thiazole rings is 1. The van der Waals surface area contributed by atoms with Gasteiger partial charge in [-0.15, -0.1) is 0 Å². The zero-order valence-corrected chi connectivity index (χ0v) is 13.0. The average Bonchev–Trinajstić information content (AvgIpc) is 2.70. The van der Waals surface area contributed by atoms with Crippen LogP contribution in [0.25, 0.3) is 10.4 Å². The number of esters is 1. The Morgan fingerprint density at radius 3 is 2.45 bits per heavy atom. The molecule has 2 rings (SSSR count). The standard InChI is InChI=1S/C14H15ClN2O2S/c1-14(2,3)19-12(18)10-11(20-13(16)17-10)8-4-6-9(15)7-5-8/h4-7H,1-3H3,(H2,16,17). The number of anilines is 1. The summed E-state index contributed by atoms with van der Waals surface area (Å²) in [6, 6.07) is 7.16. The molecule has 20 heavy (non-hydrogen) atoms. The maximum atomic E-state index is 12.2. The van der Waals surface area contributed by atoms with Crippen LogP contribution in [0, 0.1) is 0 Å². The van der Waals surface area contributed by atoms with Crippen molar-refractivity contribution in [1.29, 1.82) is 0 Å². The number of aromatic nitrogens is 1. The van der Waals surface area contributed by atoms with Gasteiger partial charge in [0.15, 0.2) is 10.8 Å². The van der Waals surface area contributed by atoms with Crippen LogP contribution < -0.4 is 5.73 Å². The number of nitrogens with zero attached hydrogens (tertiary/aromatic N) is 1. The first-order valence-electron chi connectivity index (χ1n) is 6.02. The van der Waals surface area contributed by atoms with Gasteiger partial charge in [-0.05, 0) is 38.5 Å². The normalized spacial score (nSPS) is 11.4. The average molecular weight is 311 g/mol. The van der Waals surface area contributed by atoms with Crippen LogP contribution in [-0.2, 0) is 4.74 Å². The summed E-state index contributed by atoms with van der Waals surface area (Å²) in [6.45, 7) is 5.42. The Kier molecular flexibility index (Phi) is 4.01. The predicted octanol–water partition coefficient (Wildman–Crippen LogP) is 4.00. The van der Waals surface area contributed by atoms with Crippen LogP contribution in [0.15, 0.2) is 24.3 Å². The quantitative estimate of drug-likeness (QED) is 0.851. The lowest BCUT2D eigenvalue weighted by Crippen LogP contribution is -2.24. The summed E-state index contributed by atoms with van der Waals surface area (Å²) in [4.78, 5) is 16.9. The first kappa shape index (κ1) is 14.8. The Labute approximate surface area is 126 Å². The summed E-state index contributed by atoms with van der Waals surface area (Å²) >= 11 is 7.12. The molecule has 0 aliphatic carbocycles. The molecule has 0 spiro atoms. The van der Waals surface area contributed by atoms with E-state index < -0.39 is 11.6 Å². The number of nitrogens with two attached hydrogens (primary N) is 1. The van der Waals surface area contributed by atoms with Crippen LogP contribution in [0.1, 0.15) is 31.3 Å². The Hall–Kier alpha value is -1.59. The van der Waals surface area contributed by atoms with Gasteiger partial charge in [-0.3, -0.25) is 0 Å². The molecule has 0 fully saturated rings. The number of rotatable bonds is 2. The highest BCUT2D eigenvalue weighted by Crippen LogP contribution is 2.33. The molecule has 1 aromatic heterocycles. The third-order valence-electron chi connectivity index (χ3n) is 2.34. The lowest BCUT2D eigenvalue weighted by molar-refractivity contribution is 0.00647. The van der Waals surface area contributed by atoms with Crippen LogP contribution in [0.5, 0.6) is 0 Å². The molecule has 0 aliphatic heterocycles. The van der Waals surface area contributed by atoms with Gasteiger partial charge in [-0.2, -0.15) is 0 Å². The van der Waals surface area contributed by atoms with Crippen molar-refractivity contribution >= 4 is 34.0 Å². The number of ether oxygens (including phenoxy) is 1. The molecule has 2 aromatic rings. The van der Waals surface area contributed by atoms with E-state index in [1.165, 1.54) is 11.3 Å². The third kappa shape index (κ3) is 3.49. The van der Waals surface area contributed by atoms with E-state index in [2.05, 4.69) is 4.98 Å². The van der Waals surface area contributed by atoms with E-state index in [0.29, 0.717) is 15.0 Å². The van der Waals surface area contributed by atoms with Crippen LogP contribution in [0.2, 0.25) is 5.02 Å². The molecule has 0 unspecified atom stereocenters. The Morgan fingerprint density at radius 1 is 1.30 bits per heavy atom. The molecule has 0 bridgehead atoms.